The van der Waals surface area contributed by atoms with Crippen LogP contribution in [-0.4, -0.2) is 16.7 Å². The summed E-state index contributed by atoms with van der Waals surface area (Å²) in [6, 6.07) is 6.67. The molecule has 0 fully saturated rings. The van der Waals surface area contributed by atoms with E-state index < -0.39 is 11.6 Å². The summed E-state index contributed by atoms with van der Waals surface area (Å²) in [5, 5.41) is 18.4. The largest absolute Gasteiger partial charge is 0.508 e. The third kappa shape index (κ3) is 4.47. The first-order valence-electron chi connectivity index (χ1n) is 5.87. The van der Waals surface area contributed by atoms with E-state index >= 15 is 0 Å². The smallest absolute Gasteiger partial charge is 0.349 e. The van der Waals surface area contributed by atoms with Gasteiger partial charge in [0.15, 0.2) is 0 Å². The van der Waals surface area contributed by atoms with Gasteiger partial charge in [-0.05, 0) is 57.0 Å². The molecular formula is C15H17NO3. The number of carbonyl (C=O) groups excluding carboxylic acids is 1. The van der Waals surface area contributed by atoms with Crippen LogP contribution in [0.4, 0.5) is 0 Å². The van der Waals surface area contributed by atoms with Crippen LogP contribution in [0.3, 0.4) is 0 Å². The van der Waals surface area contributed by atoms with Gasteiger partial charge in [-0.1, -0.05) is 6.07 Å². The number of aryl methyl sites for hydroxylation is 1. The number of ether oxygens (including phenoxy) is 1. The van der Waals surface area contributed by atoms with Crippen molar-refractivity contribution in [1.82, 2.24) is 0 Å². The predicted molar refractivity (Wildman–Crippen MR) is 72.3 cm³/mol. The zero-order valence-electron chi connectivity index (χ0n) is 11.5. The highest BCUT2D eigenvalue weighted by molar-refractivity contribution is 5.98. The number of carbonyl (C=O) groups is 1. The Morgan fingerprint density at radius 3 is 2.53 bits per heavy atom. The van der Waals surface area contributed by atoms with Gasteiger partial charge in [0.05, 0.1) is 0 Å². The molecule has 0 saturated carbocycles. The second-order valence-corrected chi connectivity index (χ2v) is 5.22. The van der Waals surface area contributed by atoms with Crippen LogP contribution in [0.25, 0.3) is 6.08 Å². The molecule has 0 aliphatic carbocycles. The average molecular weight is 259 g/mol. The zero-order valence-corrected chi connectivity index (χ0v) is 11.5. The minimum Gasteiger partial charge on any atom is -0.508 e. The monoisotopic (exact) mass is 259 g/mol. The molecular weight excluding hydrogens is 242 g/mol. The van der Waals surface area contributed by atoms with E-state index in [0.29, 0.717) is 11.1 Å². The fraction of sp³-hybridized carbons (Fsp3) is 0.333. The number of phenols is 1. The first-order chi connectivity index (χ1) is 8.73. The minimum atomic E-state index is -0.652. The highest BCUT2D eigenvalue weighted by atomic mass is 16.6. The molecule has 0 atom stereocenters. The van der Waals surface area contributed by atoms with Crippen LogP contribution in [0.15, 0.2) is 23.8 Å². The predicted octanol–water partition coefficient (Wildman–Crippen LogP) is 2.95. The molecule has 0 radical (unpaired) electrons. The second kappa shape index (κ2) is 5.57. The van der Waals surface area contributed by atoms with E-state index in [1.165, 1.54) is 12.1 Å². The standard InChI is InChI=1S/C15H17NO3/c1-10-7-11(5-6-13(10)17)8-12(9-16)14(18)19-15(2,3)4/h5-8,17H,1-4H3. The molecule has 0 spiro atoms. The van der Waals surface area contributed by atoms with Gasteiger partial charge < -0.3 is 9.84 Å². The Hall–Kier alpha value is -2.28. The molecule has 0 aliphatic heterocycles. The van der Waals surface area contributed by atoms with Gasteiger partial charge in [-0.3, -0.25) is 0 Å². The van der Waals surface area contributed by atoms with E-state index in [-0.39, 0.29) is 11.3 Å². The van der Waals surface area contributed by atoms with E-state index in [0.717, 1.165) is 0 Å². The highest BCUT2D eigenvalue weighted by Gasteiger charge is 2.19. The van der Waals surface area contributed by atoms with Crippen LogP contribution in [-0.2, 0) is 9.53 Å². The number of rotatable bonds is 2. The lowest BCUT2D eigenvalue weighted by atomic mass is 10.1. The van der Waals surface area contributed by atoms with Crippen molar-refractivity contribution in [3.05, 3.63) is 34.9 Å². The molecule has 4 heteroatoms. The maximum absolute atomic E-state index is 11.8. The Bertz CT molecular complexity index is 560. The first-order valence-corrected chi connectivity index (χ1v) is 5.87. The molecule has 1 aromatic carbocycles. The third-order valence-corrected chi connectivity index (χ3v) is 2.27. The summed E-state index contributed by atoms with van der Waals surface area (Å²) >= 11 is 0. The first kappa shape index (κ1) is 14.8. The van der Waals surface area contributed by atoms with Gasteiger partial charge in [0.2, 0.25) is 0 Å². The van der Waals surface area contributed by atoms with Crippen LogP contribution in [0.1, 0.15) is 31.9 Å². The number of aromatic hydroxyl groups is 1. The SMILES string of the molecule is Cc1cc(C=C(C#N)C(=O)OC(C)(C)C)ccc1O. The fourth-order valence-electron chi connectivity index (χ4n) is 1.41. The Morgan fingerprint density at radius 2 is 2.05 bits per heavy atom. The number of nitrogens with zero attached hydrogens (tertiary/aromatic N) is 1. The summed E-state index contributed by atoms with van der Waals surface area (Å²) < 4.78 is 5.14. The van der Waals surface area contributed by atoms with Gasteiger partial charge >= 0.3 is 5.97 Å². The van der Waals surface area contributed by atoms with Gasteiger partial charge in [-0.2, -0.15) is 5.26 Å². The summed E-state index contributed by atoms with van der Waals surface area (Å²) in [7, 11) is 0. The summed E-state index contributed by atoms with van der Waals surface area (Å²) in [5.41, 5.74) is 0.630. The maximum Gasteiger partial charge on any atom is 0.349 e. The van der Waals surface area contributed by atoms with Crippen molar-refractivity contribution in [2.45, 2.75) is 33.3 Å². The second-order valence-electron chi connectivity index (χ2n) is 5.22. The lowest BCUT2D eigenvalue weighted by molar-refractivity contribution is -0.149. The van der Waals surface area contributed by atoms with E-state index in [9.17, 15) is 9.90 Å². The van der Waals surface area contributed by atoms with Gasteiger partial charge in [-0.25, -0.2) is 4.79 Å². The van der Waals surface area contributed by atoms with E-state index in [1.807, 2.05) is 6.07 Å². The Kier molecular flexibility index (Phi) is 4.34. The van der Waals surface area contributed by atoms with Crippen LogP contribution in [0.5, 0.6) is 5.75 Å². The van der Waals surface area contributed by atoms with Crippen molar-refractivity contribution in [2.24, 2.45) is 0 Å². The van der Waals surface area contributed by atoms with Crippen LogP contribution in [0.2, 0.25) is 0 Å². The molecule has 0 heterocycles. The third-order valence-electron chi connectivity index (χ3n) is 2.27. The zero-order chi connectivity index (χ0) is 14.6. The number of hydrogen-bond acceptors (Lipinski definition) is 4. The number of esters is 1. The lowest BCUT2D eigenvalue weighted by Crippen LogP contribution is -2.24. The normalized spacial score (nSPS) is 11.8. The minimum absolute atomic E-state index is 0.0694. The molecule has 1 aromatic rings. The van der Waals surface area contributed by atoms with Crippen LogP contribution < -0.4 is 0 Å². The number of benzene rings is 1. The quantitative estimate of drug-likeness (QED) is 0.503. The van der Waals surface area contributed by atoms with Gasteiger partial charge in [0, 0.05) is 0 Å². The summed E-state index contributed by atoms with van der Waals surface area (Å²) in [5.74, 6) is -0.478. The van der Waals surface area contributed by atoms with Crippen molar-refractivity contribution in [2.75, 3.05) is 0 Å². The lowest BCUT2D eigenvalue weighted by Gasteiger charge is -2.18. The van der Waals surface area contributed by atoms with Gasteiger partial charge in [0.25, 0.3) is 0 Å². The molecule has 1 N–H and O–H groups in total. The van der Waals surface area contributed by atoms with Crippen molar-refractivity contribution >= 4 is 12.0 Å². The van der Waals surface area contributed by atoms with Gasteiger partial charge in [0.1, 0.15) is 23.0 Å². The van der Waals surface area contributed by atoms with Gasteiger partial charge in [-0.15, -0.1) is 0 Å². The number of hydrogen-bond donors (Lipinski definition) is 1. The van der Waals surface area contributed by atoms with E-state index in [1.54, 1.807) is 39.8 Å². The Morgan fingerprint density at radius 1 is 1.42 bits per heavy atom. The average Bonchev–Trinajstić information content (AvgIpc) is 2.28. The molecule has 0 bridgehead atoms. The molecule has 0 saturated heterocycles. The van der Waals surface area contributed by atoms with Crippen molar-refractivity contribution in [3.63, 3.8) is 0 Å². The molecule has 0 unspecified atom stereocenters. The van der Waals surface area contributed by atoms with E-state index in [2.05, 4.69) is 0 Å². The van der Waals surface area contributed by atoms with Crippen LogP contribution >= 0.6 is 0 Å². The molecule has 19 heavy (non-hydrogen) atoms. The summed E-state index contributed by atoms with van der Waals surface area (Å²) in [6.45, 7) is 6.96. The summed E-state index contributed by atoms with van der Waals surface area (Å²) in [4.78, 5) is 11.8. The number of nitriles is 1. The highest BCUT2D eigenvalue weighted by Crippen LogP contribution is 2.19. The van der Waals surface area contributed by atoms with E-state index in [4.69, 9.17) is 10.00 Å². The Balaban J connectivity index is 3.03. The van der Waals surface area contributed by atoms with Crippen molar-refractivity contribution < 1.29 is 14.6 Å². The van der Waals surface area contributed by atoms with Crippen molar-refractivity contribution in [1.29, 1.82) is 5.26 Å². The molecule has 4 nitrogen and oxygen atoms in total. The summed E-state index contributed by atoms with van der Waals surface area (Å²) in [6.07, 6.45) is 1.44. The molecule has 0 amide bonds. The topological polar surface area (TPSA) is 70.3 Å². The molecule has 100 valence electrons. The molecule has 0 aliphatic rings. The molecule has 1 rings (SSSR count). The Labute approximate surface area is 112 Å². The number of phenolic OH excluding ortho intramolecular Hbond substituents is 1. The van der Waals surface area contributed by atoms with Crippen molar-refractivity contribution in [3.8, 4) is 11.8 Å². The fourth-order valence-corrected chi connectivity index (χ4v) is 1.41. The van der Waals surface area contributed by atoms with Crippen LogP contribution in [0, 0.1) is 18.3 Å². The molecule has 0 aromatic heterocycles. The maximum atomic E-state index is 11.8.